The van der Waals surface area contributed by atoms with E-state index in [1.807, 2.05) is 32.0 Å². The van der Waals surface area contributed by atoms with Crippen molar-refractivity contribution in [3.63, 3.8) is 0 Å². The first-order chi connectivity index (χ1) is 6.63. The Morgan fingerprint density at radius 1 is 1.43 bits per heavy atom. The van der Waals surface area contributed by atoms with Crippen LogP contribution in [0, 0.1) is 18.8 Å². The van der Waals surface area contributed by atoms with E-state index < -0.39 is 0 Å². The monoisotopic (exact) mass is 189 g/mol. The zero-order chi connectivity index (χ0) is 10.6. The molecule has 0 aliphatic rings. The Hall–Kier alpha value is -1.46. The Balaban J connectivity index is 2.94. The van der Waals surface area contributed by atoms with Crippen molar-refractivity contribution in [3.8, 4) is 17.6 Å². The van der Waals surface area contributed by atoms with Crippen molar-refractivity contribution in [2.45, 2.75) is 19.9 Å². The third-order valence-corrected chi connectivity index (χ3v) is 1.84. The highest BCUT2D eigenvalue weighted by molar-refractivity contribution is 5.43. The van der Waals surface area contributed by atoms with Gasteiger partial charge in [0, 0.05) is 5.56 Å². The SMILES string of the molecule is COc1ccc(C#CC(C)N)cc1C. The minimum atomic E-state index is -0.0857. The van der Waals surface area contributed by atoms with Crippen LogP contribution in [0.3, 0.4) is 0 Å². The van der Waals surface area contributed by atoms with Gasteiger partial charge in [-0.05, 0) is 37.6 Å². The average molecular weight is 189 g/mol. The first-order valence-electron chi connectivity index (χ1n) is 4.55. The molecule has 1 atom stereocenters. The molecular formula is C12H15NO. The van der Waals surface area contributed by atoms with Gasteiger partial charge in [0.2, 0.25) is 0 Å². The van der Waals surface area contributed by atoms with Crippen molar-refractivity contribution in [3.05, 3.63) is 29.3 Å². The first kappa shape index (κ1) is 10.6. The normalized spacial score (nSPS) is 11.4. The van der Waals surface area contributed by atoms with Crippen LogP contribution in [0.15, 0.2) is 18.2 Å². The summed E-state index contributed by atoms with van der Waals surface area (Å²) in [7, 11) is 1.66. The van der Waals surface area contributed by atoms with E-state index >= 15 is 0 Å². The molecular weight excluding hydrogens is 174 g/mol. The van der Waals surface area contributed by atoms with Crippen molar-refractivity contribution in [2.75, 3.05) is 7.11 Å². The molecule has 0 saturated heterocycles. The zero-order valence-corrected chi connectivity index (χ0v) is 8.79. The molecule has 1 aromatic rings. The summed E-state index contributed by atoms with van der Waals surface area (Å²) in [5.41, 5.74) is 7.60. The van der Waals surface area contributed by atoms with Gasteiger partial charge < -0.3 is 10.5 Å². The summed E-state index contributed by atoms with van der Waals surface area (Å²) in [4.78, 5) is 0. The fraction of sp³-hybridized carbons (Fsp3) is 0.333. The Labute approximate surface area is 85.1 Å². The number of methoxy groups -OCH3 is 1. The number of benzene rings is 1. The fourth-order valence-electron chi connectivity index (χ4n) is 1.15. The first-order valence-corrected chi connectivity index (χ1v) is 4.55. The second-order valence-electron chi connectivity index (χ2n) is 3.24. The summed E-state index contributed by atoms with van der Waals surface area (Å²) in [6.07, 6.45) is 0. The lowest BCUT2D eigenvalue weighted by Crippen LogP contribution is -2.10. The van der Waals surface area contributed by atoms with Crippen molar-refractivity contribution in [2.24, 2.45) is 5.73 Å². The van der Waals surface area contributed by atoms with E-state index in [4.69, 9.17) is 10.5 Å². The molecule has 1 unspecified atom stereocenters. The molecule has 0 radical (unpaired) electrons. The summed E-state index contributed by atoms with van der Waals surface area (Å²) < 4.78 is 5.15. The molecule has 2 N–H and O–H groups in total. The summed E-state index contributed by atoms with van der Waals surface area (Å²) in [5.74, 6) is 6.80. The molecule has 0 fully saturated rings. The van der Waals surface area contributed by atoms with Gasteiger partial charge in [-0.1, -0.05) is 11.8 Å². The van der Waals surface area contributed by atoms with E-state index in [1.54, 1.807) is 7.11 Å². The number of aryl methyl sites for hydroxylation is 1. The van der Waals surface area contributed by atoms with E-state index in [0.717, 1.165) is 16.9 Å². The van der Waals surface area contributed by atoms with Gasteiger partial charge in [0.1, 0.15) is 5.75 Å². The van der Waals surface area contributed by atoms with Gasteiger partial charge >= 0.3 is 0 Å². The van der Waals surface area contributed by atoms with Crippen molar-refractivity contribution in [1.29, 1.82) is 0 Å². The van der Waals surface area contributed by atoms with Gasteiger partial charge in [0.25, 0.3) is 0 Å². The fourth-order valence-corrected chi connectivity index (χ4v) is 1.15. The van der Waals surface area contributed by atoms with Crippen LogP contribution in [-0.2, 0) is 0 Å². The molecule has 0 heterocycles. The third-order valence-electron chi connectivity index (χ3n) is 1.84. The number of ether oxygens (including phenoxy) is 1. The number of nitrogens with two attached hydrogens (primary N) is 1. The molecule has 1 aromatic carbocycles. The van der Waals surface area contributed by atoms with Crippen LogP contribution in [0.5, 0.6) is 5.75 Å². The molecule has 1 rings (SSSR count). The maximum atomic E-state index is 5.54. The summed E-state index contributed by atoms with van der Waals surface area (Å²) >= 11 is 0. The molecule has 0 bridgehead atoms. The molecule has 0 amide bonds. The number of rotatable bonds is 1. The van der Waals surface area contributed by atoms with Crippen molar-refractivity contribution in [1.82, 2.24) is 0 Å². The maximum absolute atomic E-state index is 5.54. The van der Waals surface area contributed by atoms with Crippen LogP contribution in [-0.4, -0.2) is 13.2 Å². The van der Waals surface area contributed by atoms with Crippen LogP contribution in [0.1, 0.15) is 18.1 Å². The number of hydrogen-bond donors (Lipinski definition) is 1. The summed E-state index contributed by atoms with van der Waals surface area (Å²) in [6.45, 7) is 3.86. The highest BCUT2D eigenvalue weighted by Crippen LogP contribution is 2.17. The van der Waals surface area contributed by atoms with Gasteiger partial charge in [0.15, 0.2) is 0 Å². The Bertz CT molecular complexity index is 372. The maximum Gasteiger partial charge on any atom is 0.121 e. The van der Waals surface area contributed by atoms with E-state index in [0.29, 0.717) is 0 Å². The lowest BCUT2D eigenvalue weighted by atomic mass is 10.1. The van der Waals surface area contributed by atoms with Gasteiger partial charge in [-0.15, -0.1) is 0 Å². The van der Waals surface area contributed by atoms with Crippen LogP contribution in [0.2, 0.25) is 0 Å². The van der Waals surface area contributed by atoms with E-state index in [2.05, 4.69) is 11.8 Å². The molecule has 0 aliphatic heterocycles. The number of hydrogen-bond acceptors (Lipinski definition) is 2. The smallest absolute Gasteiger partial charge is 0.121 e. The van der Waals surface area contributed by atoms with Crippen LogP contribution >= 0.6 is 0 Å². The largest absolute Gasteiger partial charge is 0.496 e. The van der Waals surface area contributed by atoms with Crippen LogP contribution < -0.4 is 10.5 Å². The zero-order valence-electron chi connectivity index (χ0n) is 8.79. The quantitative estimate of drug-likeness (QED) is 0.682. The minimum absolute atomic E-state index is 0.0857. The third kappa shape index (κ3) is 2.79. The lowest BCUT2D eigenvalue weighted by molar-refractivity contribution is 0.411. The molecule has 0 spiro atoms. The topological polar surface area (TPSA) is 35.2 Å². The lowest BCUT2D eigenvalue weighted by Gasteiger charge is -2.03. The Morgan fingerprint density at radius 2 is 2.14 bits per heavy atom. The molecule has 0 aromatic heterocycles. The minimum Gasteiger partial charge on any atom is -0.496 e. The molecule has 74 valence electrons. The van der Waals surface area contributed by atoms with Gasteiger partial charge in [-0.2, -0.15) is 0 Å². The van der Waals surface area contributed by atoms with E-state index in [9.17, 15) is 0 Å². The molecule has 0 aliphatic carbocycles. The molecule has 2 heteroatoms. The van der Waals surface area contributed by atoms with Crippen LogP contribution in [0.25, 0.3) is 0 Å². The Morgan fingerprint density at radius 3 is 2.64 bits per heavy atom. The highest BCUT2D eigenvalue weighted by atomic mass is 16.5. The van der Waals surface area contributed by atoms with Gasteiger partial charge in [0.05, 0.1) is 13.2 Å². The molecule has 14 heavy (non-hydrogen) atoms. The predicted molar refractivity (Wildman–Crippen MR) is 58.3 cm³/mol. The van der Waals surface area contributed by atoms with E-state index in [1.165, 1.54) is 0 Å². The Kier molecular flexibility index (Phi) is 3.55. The highest BCUT2D eigenvalue weighted by Gasteiger charge is 1.97. The molecule has 2 nitrogen and oxygen atoms in total. The summed E-state index contributed by atoms with van der Waals surface area (Å²) in [6, 6.07) is 5.76. The van der Waals surface area contributed by atoms with Gasteiger partial charge in [-0.3, -0.25) is 0 Å². The van der Waals surface area contributed by atoms with Gasteiger partial charge in [-0.25, -0.2) is 0 Å². The van der Waals surface area contributed by atoms with Crippen molar-refractivity contribution >= 4 is 0 Å². The average Bonchev–Trinajstić information content (AvgIpc) is 2.15. The predicted octanol–water partition coefficient (Wildman–Crippen LogP) is 1.70. The second-order valence-corrected chi connectivity index (χ2v) is 3.24. The second kappa shape index (κ2) is 4.69. The molecule has 0 saturated carbocycles. The van der Waals surface area contributed by atoms with Crippen molar-refractivity contribution < 1.29 is 4.74 Å². The van der Waals surface area contributed by atoms with Crippen LogP contribution in [0.4, 0.5) is 0 Å². The standard InChI is InChI=1S/C12H15NO/c1-9-8-11(5-4-10(2)13)6-7-12(9)14-3/h6-8,10H,13H2,1-3H3. The summed E-state index contributed by atoms with van der Waals surface area (Å²) in [5, 5.41) is 0. The van der Waals surface area contributed by atoms with E-state index in [-0.39, 0.29) is 6.04 Å².